The Hall–Kier alpha value is -2.67. The van der Waals surface area contributed by atoms with Gasteiger partial charge in [-0.05, 0) is 37.7 Å². The van der Waals surface area contributed by atoms with Crippen LogP contribution in [-0.4, -0.2) is 54.0 Å². The lowest BCUT2D eigenvalue weighted by Crippen LogP contribution is -2.32. The topological polar surface area (TPSA) is 132 Å². The Bertz CT molecular complexity index is 1190. The number of sulfonamides is 1. The molecule has 34 heavy (non-hydrogen) atoms. The number of methoxy groups -OCH3 is 2. The van der Waals surface area contributed by atoms with Crippen molar-refractivity contribution in [3.63, 3.8) is 0 Å². The summed E-state index contributed by atoms with van der Waals surface area (Å²) in [6.07, 6.45) is 0.535. The summed E-state index contributed by atoms with van der Waals surface area (Å²) in [7, 11) is 0.0423. The summed E-state index contributed by atoms with van der Waals surface area (Å²) < 4.78 is 46.4. The molecule has 0 aromatic heterocycles. The van der Waals surface area contributed by atoms with Crippen LogP contribution >= 0.6 is 23.5 Å². The van der Waals surface area contributed by atoms with Gasteiger partial charge in [-0.1, -0.05) is 11.6 Å². The minimum Gasteiger partial charge on any atom is -0.496 e. The molecule has 0 bridgehead atoms. The van der Waals surface area contributed by atoms with Crippen molar-refractivity contribution < 1.29 is 32.2 Å². The second-order valence-electron chi connectivity index (χ2n) is 7.13. The molecule has 3 rings (SSSR count). The molecule has 1 unspecified atom stereocenters. The van der Waals surface area contributed by atoms with E-state index >= 15 is 0 Å². The molecule has 13 heteroatoms. The van der Waals surface area contributed by atoms with Gasteiger partial charge in [0.2, 0.25) is 0 Å². The van der Waals surface area contributed by atoms with E-state index in [9.17, 15) is 18.0 Å². The molecule has 0 radical (unpaired) electrons. The zero-order valence-corrected chi connectivity index (χ0v) is 21.0. The second-order valence-corrected chi connectivity index (χ2v) is 10.2. The largest absolute Gasteiger partial charge is 0.496 e. The number of fused-ring (bicyclic) bond motifs is 1. The first kappa shape index (κ1) is 25.9. The third-order valence-electron chi connectivity index (χ3n) is 5.08. The average Bonchev–Trinajstić information content (AvgIpc) is 2.81. The van der Waals surface area contributed by atoms with E-state index in [1.807, 2.05) is 4.72 Å². The summed E-state index contributed by atoms with van der Waals surface area (Å²) >= 11 is 6.62. The van der Waals surface area contributed by atoms with Crippen LogP contribution in [0.25, 0.3) is 0 Å². The van der Waals surface area contributed by atoms with Crippen LogP contribution in [-0.2, 0) is 10.0 Å². The monoisotopic (exact) mass is 529 g/mol. The maximum absolute atomic E-state index is 12.9. The summed E-state index contributed by atoms with van der Waals surface area (Å²) in [6, 6.07) is 7.60. The minimum absolute atomic E-state index is 0.0295. The van der Waals surface area contributed by atoms with Crippen LogP contribution in [0.2, 0.25) is 5.02 Å². The van der Waals surface area contributed by atoms with E-state index < -0.39 is 15.3 Å². The smallest absolute Gasteiger partial charge is 0.307 e. The van der Waals surface area contributed by atoms with Gasteiger partial charge in [0.1, 0.15) is 22.1 Å². The zero-order chi connectivity index (χ0) is 24.9. The Morgan fingerprint density at radius 1 is 1.18 bits per heavy atom. The van der Waals surface area contributed by atoms with Gasteiger partial charge in [0.25, 0.3) is 15.9 Å². The molecule has 1 heterocycles. The normalized spacial score (nSPS) is 15.0. The Morgan fingerprint density at radius 2 is 1.91 bits per heavy atom. The molecule has 0 saturated heterocycles. The van der Waals surface area contributed by atoms with Gasteiger partial charge in [0, 0.05) is 41.1 Å². The van der Waals surface area contributed by atoms with E-state index in [1.165, 1.54) is 39.5 Å². The highest BCUT2D eigenvalue weighted by Gasteiger charge is 2.30. The number of hydrogen-bond acceptors (Lipinski definition) is 9. The lowest BCUT2D eigenvalue weighted by atomic mass is 9.92. The zero-order valence-electron chi connectivity index (χ0n) is 18.6. The molecule has 0 saturated carbocycles. The van der Waals surface area contributed by atoms with Crippen molar-refractivity contribution in [1.82, 2.24) is 14.8 Å². The van der Waals surface area contributed by atoms with Gasteiger partial charge in [0.15, 0.2) is 0 Å². The maximum atomic E-state index is 12.9. The standard InChI is InChI=1S/C21H24ClN3O7S2/c1-23-33-21(27)25-34(28,29)19-9-14-12(6-7-32-17(14)10-18(19)31-3)11-24-20(26)15-8-13(22)4-5-16(15)30-2/h4-5,8-10,12,23H,6-7,11H2,1-3H3,(H,24,26)(H,25,27). The van der Waals surface area contributed by atoms with E-state index in [1.54, 1.807) is 12.1 Å². The summed E-state index contributed by atoms with van der Waals surface area (Å²) in [5, 5.41) is 2.45. The first-order valence-electron chi connectivity index (χ1n) is 10.1. The number of ether oxygens (including phenoxy) is 3. The number of nitrogens with one attached hydrogen (secondary N) is 3. The predicted molar refractivity (Wildman–Crippen MR) is 129 cm³/mol. The molecule has 2 aromatic rings. The fourth-order valence-electron chi connectivity index (χ4n) is 3.50. The fraction of sp³-hybridized carbons (Fsp3) is 0.333. The van der Waals surface area contributed by atoms with Gasteiger partial charge in [-0.25, -0.2) is 13.1 Å². The van der Waals surface area contributed by atoms with Crippen LogP contribution in [0.1, 0.15) is 28.3 Å². The SMILES string of the molecule is CNSC(=O)NS(=O)(=O)c1cc2c(cc1OC)OCCC2CNC(=O)c1cc(Cl)ccc1OC. The van der Waals surface area contributed by atoms with Gasteiger partial charge in [-0.2, -0.15) is 0 Å². The van der Waals surface area contributed by atoms with Gasteiger partial charge in [0.05, 0.1) is 26.4 Å². The Balaban J connectivity index is 1.88. The molecule has 0 aliphatic carbocycles. The van der Waals surface area contributed by atoms with Crippen LogP contribution in [0.3, 0.4) is 0 Å². The van der Waals surface area contributed by atoms with Crippen molar-refractivity contribution in [3.8, 4) is 17.2 Å². The summed E-state index contributed by atoms with van der Waals surface area (Å²) in [6.45, 7) is 0.581. The fourth-order valence-corrected chi connectivity index (χ4v) is 5.37. The summed E-state index contributed by atoms with van der Waals surface area (Å²) in [5.74, 6) is 0.215. The molecule has 1 aliphatic heterocycles. The Kier molecular flexibility index (Phi) is 8.52. The molecule has 184 valence electrons. The second kappa shape index (κ2) is 11.2. The first-order valence-corrected chi connectivity index (χ1v) is 12.7. The van der Waals surface area contributed by atoms with Crippen LogP contribution in [0.15, 0.2) is 35.2 Å². The highest BCUT2D eigenvalue weighted by atomic mass is 35.5. The molecular weight excluding hydrogens is 506 g/mol. The van der Waals surface area contributed by atoms with Crippen LogP contribution in [0, 0.1) is 0 Å². The molecular formula is C21H24ClN3O7S2. The van der Waals surface area contributed by atoms with Gasteiger partial charge in [-0.3, -0.25) is 14.3 Å². The Morgan fingerprint density at radius 3 is 2.59 bits per heavy atom. The van der Waals surface area contributed by atoms with Gasteiger partial charge < -0.3 is 19.5 Å². The lowest BCUT2D eigenvalue weighted by Gasteiger charge is -2.27. The third kappa shape index (κ3) is 5.87. The van der Waals surface area contributed by atoms with Gasteiger partial charge in [-0.15, -0.1) is 0 Å². The number of rotatable bonds is 8. The average molecular weight is 530 g/mol. The van der Waals surface area contributed by atoms with E-state index in [0.717, 1.165) is 0 Å². The molecule has 1 aliphatic rings. The van der Waals surface area contributed by atoms with E-state index in [0.29, 0.717) is 47.1 Å². The van der Waals surface area contributed by atoms with Crippen molar-refractivity contribution in [1.29, 1.82) is 0 Å². The molecule has 0 fully saturated rings. The highest BCUT2D eigenvalue weighted by molar-refractivity contribution is 8.13. The molecule has 1 atom stereocenters. The number of amides is 2. The minimum atomic E-state index is -4.23. The van der Waals surface area contributed by atoms with Gasteiger partial charge >= 0.3 is 5.24 Å². The quantitative estimate of drug-likeness (QED) is 0.441. The summed E-state index contributed by atoms with van der Waals surface area (Å²) in [5.41, 5.74) is 0.851. The van der Waals surface area contributed by atoms with E-state index in [4.69, 9.17) is 25.8 Å². The third-order valence-corrected chi connectivity index (χ3v) is 7.28. The van der Waals surface area contributed by atoms with E-state index in [2.05, 4.69) is 10.0 Å². The number of carbonyl (C=O) groups is 2. The van der Waals surface area contributed by atoms with Crippen molar-refractivity contribution in [2.24, 2.45) is 0 Å². The molecule has 0 spiro atoms. The summed E-state index contributed by atoms with van der Waals surface area (Å²) in [4.78, 5) is 24.4. The molecule has 10 nitrogen and oxygen atoms in total. The van der Waals surface area contributed by atoms with Crippen molar-refractivity contribution in [2.45, 2.75) is 17.2 Å². The first-order chi connectivity index (χ1) is 16.2. The highest BCUT2D eigenvalue weighted by Crippen LogP contribution is 2.40. The number of hydrogen-bond donors (Lipinski definition) is 3. The van der Waals surface area contributed by atoms with Crippen LogP contribution < -0.4 is 29.0 Å². The number of benzene rings is 2. The van der Waals surface area contributed by atoms with Crippen molar-refractivity contribution in [3.05, 3.63) is 46.5 Å². The van der Waals surface area contributed by atoms with E-state index in [-0.39, 0.29) is 34.6 Å². The van der Waals surface area contributed by atoms with Crippen LogP contribution in [0.5, 0.6) is 17.2 Å². The molecule has 2 aromatic carbocycles. The lowest BCUT2D eigenvalue weighted by molar-refractivity contribution is 0.0945. The number of carbonyl (C=O) groups excluding carboxylic acids is 2. The van der Waals surface area contributed by atoms with Crippen LogP contribution in [0.4, 0.5) is 4.79 Å². The number of halogens is 1. The van der Waals surface area contributed by atoms with Crippen molar-refractivity contribution in [2.75, 3.05) is 34.4 Å². The molecule has 2 amide bonds. The molecule has 3 N–H and O–H groups in total. The maximum Gasteiger partial charge on any atom is 0.307 e. The predicted octanol–water partition coefficient (Wildman–Crippen LogP) is 2.92. The van der Waals surface area contributed by atoms with Crippen molar-refractivity contribution >= 4 is 44.7 Å². The Labute approximate surface area is 206 Å².